The summed E-state index contributed by atoms with van der Waals surface area (Å²) in [5, 5.41) is 5.77. The average Bonchev–Trinajstić information content (AvgIpc) is 2.70. The molecule has 0 radical (unpaired) electrons. The molecule has 1 aliphatic rings. The first-order valence-corrected chi connectivity index (χ1v) is 9.99. The van der Waals surface area contributed by atoms with Crippen molar-refractivity contribution in [1.82, 2.24) is 5.32 Å². The van der Waals surface area contributed by atoms with Gasteiger partial charge in [0.05, 0.1) is 14.2 Å². The molecule has 1 saturated heterocycles. The second kappa shape index (κ2) is 9.19. The van der Waals surface area contributed by atoms with Gasteiger partial charge in [-0.25, -0.2) is 4.99 Å². The lowest BCUT2D eigenvalue weighted by Crippen LogP contribution is -2.41. The molecule has 29 heavy (non-hydrogen) atoms. The number of nitrogens with zero attached hydrogens (tertiary/aromatic N) is 1. The molecule has 1 aliphatic heterocycles. The highest BCUT2D eigenvalue weighted by Gasteiger charge is 2.30. The van der Waals surface area contributed by atoms with Crippen molar-refractivity contribution in [2.45, 2.75) is 18.6 Å². The van der Waals surface area contributed by atoms with Gasteiger partial charge in [0.1, 0.15) is 22.4 Å². The Kier molecular flexibility index (Phi) is 6.66. The Morgan fingerprint density at radius 1 is 1.24 bits per heavy atom. The van der Waals surface area contributed by atoms with Crippen LogP contribution >= 0.6 is 23.4 Å². The Labute approximate surface area is 177 Å². The van der Waals surface area contributed by atoms with Gasteiger partial charge in [0.25, 0.3) is 0 Å². The fourth-order valence-electron chi connectivity index (χ4n) is 2.63. The zero-order chi connectivity index (χ0) is 21.0. The molecule has 1 unspecified atom stereocenters. The zero-order valence-electron chi connectivity index (χ0n) is 16.1. The number of hydrogen-bond acceptors (Lipinski definition) is 6. The van der Waals surface area contributed by atoms with Crippen LogP contribution in [0.5, 0.6) is 11.5 Å². The molecular formula is C20H20ClN3O4S. The van der Waals surface area contributed by atoms with Crippen molar-refractivity contribution in [1.29, 1.82) is 0 Å². The third kappa shape index (κ3) is 5.21. The third-order valence-corrected chi connectivity index (χ3v) is 5.70. The molecule has 2 aromatic rings. The van der Waals surface area contributed by atoms with Crippen LogP contribution in [-0.4, -0.2) is 36.5 Å². The number of aryl methyl sites for hydroxylation is 1. The molecule has 1 atom stereocenters. The zero-order valence-corrected chi connectivity index (χ0v) is 17.7. The third-order valence-electron chi connectivity index (χ3n) is 4.21. The Morgan fingerprint density at radius 2 is 2.03 bits per heavy atom. The molecule has 2 amide bonds. The predicted molar refractivity (Wildman–Crippen MR) is 116 cm³/mol. The number of ether oxygens (including phenoxy) is 2. The topological polar surface area (TPSA) is 89.0 Å². The van der Waals surface area contributed by atoms with Gasteiger partial charge in [-0.05, 0) is 36.8 Å². The van der Waals surface area contributed by atoms with E-state index in [-0.39, 0.29) is 18.2 Å². The number of rotatable bonds is 5. The van der Waals surface area contributed by atoms with E-state index < -0.39 is 5.25 Å². The van der Waals surface area contributed by atoms with Crippen LogP contribution in [0.1, 0.15) is 12.0 Å². The van der Waals surface area contributed by atoms with Crippen LogP contribution in [0, 0.1) is 6.92 Å². The van der Waals surface area contributed by atoms with Gasteiger partial charge in [-0.2, -0.15) is 0 Å². The summed E-state index contributed by atoms with van der Waals surface area (Å²) >= 11 is 7.29. The fourth-order valence-corrected chi connectivity index (χ4v) is 3.80. The summed E-state index contributed by atoms with van der Waals surface area (Å²) in [6.07, 6.45) is 0.0505. The molecule has 0 aliphatic carbocycles. The van der Waals surface area contributed by atoms with E-state index in [4.69, 9.17) is 21.1 Å². The van der Waals surface area contributed by atoms with Crippen LogP contribution in [0.4, 0.5) is 11.4 Å². The van der Waals surface area contributed by atoms with Crippen molar-refractivity contribution in [2.24, 2.45) is 4.99 Å². The standard InChI is InChI=1S/C20H20ClN3O4S/c1-11-4-5-12(8-14(11)21)22-19(26)17-10-18(25)24-20(29-17)23-15-7-6-13(27-2)9-16(15)28-3/h4-9,17H,10H2,1-3H3,(H,22,26)(H,23,24,25). The monoisotopic (exact) mass is 433 g/mol. The van der Waals surface area contributed by atoms with Crippen LogP contribution < -0.4 is 20.1 Å². The summed E-state index contributed by atoms with van der Waals surface area (Å²) in [6, 6.07) is 10.4. The van der Waals surface area contributed by atoms with E-state index >= 15 is 0 Å². The number of carbonyl (C=O) groups excluding carboxylic acids is 2. The molecule has 0 saturated carbocycles. The number of halogens is 1. The first-order valence-electron chi connectivity index (χ1n) is 8.74. The Bertz CT molecular complexity index is 980. The summed E-state index contributed by atoms with van der Waals surface area (Å²) < 4.78 is 10.5. The molecule has 1 heterocycles. The molecule has 3 rings (SSSR count). The Morgan fingerprint density at radius 3 is 2.72 bits per heavy atom. The van der Waals surface area contributed by atoms with Crippen LogP contribution in [0.15, 0.2) is 41.4 Å². The van der Waals surface area contributed by atoms with Crippen molar-refractivity contribution in [3.63, 3.8) is 0 Å². The molecule has 1 fully saturated rings. The number of amidine groups is 1. The molecule has 152 valence electrons. The van der Waals surface area contributed by atoms with Gasteiger partial charge in [-0.15, -0.1) is 0 Å². The second-order valence-corrected chi connectivity index (χ2v) is 7.87. The van der Waals surface area contributed by atoms with E-state index in [0.717, 1.165) is 5.56 Å². The quantitative estimate of drug-likeness (QED) is 0.746. The maximum Gasteiger partial charge on any atom is 0.238 e. The van der Waals surface area contributed by atoms with Crippen molar-refractivity contribution < 1.29 is 19.1 Å². The Hall–Kier alpha value is -2.71. The summed E-state index contributed by atoms with van der Waals surface area (Å²) in [7, 11) is 3.08. The van der Waals surface area contributed by atoms with Crippen molar-refractivity contribution in [3.8, 4) is 11.5 Å². The minimum atomic E-state index is -0.619. The van der Waals surface area contributed by atoms with E-state index in [0.29, 0.717) is 33.1 Å². The molecular weight excluding hydrogens is 414 g/mol. The second-order valence-electron chi connectivity index (χ2n) is 6.27. The molecule has 9 heteroatoms. The number of carbonyl (C=O) groups is 2. The number of hydrogen-bond donors (Lipinski definition) is 2. The number of benzene rings is 2. The van der Waals surface area contributed by atoms with E-state index in [1.165, 1.54) is 18.9 Å². The number of thioether (sulfide) groups is 1. The molecule has 0 aromatic heterocycles. The van der Waals surface area contributed by atoms with Crippen LogP contribution in [-0.2, 0) is 9.59 Å². The lowest BCUT2D eigenvalue weighted by molar-refractivity contribution is -0.123. The number of aliphatic imine (C=N–C) groups is 1. The average molecular weight is 434 g/mol. The maximum absolute atomic E-state index is 12.7. The van der Waals surface area contributed by atoms with E-state index in [1.54, 1.807) is 37.4 Å². The molecule has 0 spiro atoms. The molecule has 2 aromatic carbocycles. The molecule has 0 bridgehead atoms. The highest BCUT2D eigenvalue weighted by atomic mass is 35.5. The van der Waals surface area contributed by atoms with Crippen LogP contribution in [0.2, 0.25) is 5.02 Å². The fraction of sp³-hybridized carbons (Fsp3) is 0.250. The smallest absolute Gasteiger partial charge is 0.238 e. The highest BCUT2D eigenvalue weighted by molar-refractivity contribution is 8.15. The van der Waals surface area contributed by atoms with Gasteiger partial charge in [-0.3, -0.25) is 9.59 Å². The minimum Gasteiger partial charge on any atom is -0.497 e. The lowest BCUT2D eigenvalue weighted by atomic mass is 10.2. The number of anilines is 1. The summed E-state index contributed by atoms with van der Waals surface area (Å²) in [4.78, 5) is 29.2. The van der Waals surface area contributed by atoms with Crippen LogP contribution in [0.3, 0.4) is 0 Å². The normalized spacial score (nSPS) is 17.6. The van der Waals surface area contributed by atoms with Gasteiger partial charge in [0, 0.05) is 23.2 Å². The highest BCUT2D eigenvalue weighted by Crippen LogP contribution is 2.33. The largest absolute Gasteiger partial charge is 0.497 e. The molecule has 7 nitrogen and oxygen atoms in total. The predicted octanol–water partition coefficient (Wildman–Crippen LogP) is 3.91. The number of amides is 2. The first-order chi connectivity index (χ1) is 13.9. The number of nitrogens with one attached hydrogen (secondary N) is 2. The maximum atomic E-state index is 12.7. The van der Waals surface area contributed by atoms with Crippen LogP contribution in [0.25, 0.3) is 0 Å². The van der Waals surface area contributed by atoms with Gasteiger partial charge in [0.2, 0.25) is 11.8 Å². The SMILES string of the molecule is COc1ccc(N=C2NC(=O)CC(C(=O)Nc3ccc(C)c(Cl)c3)S2)c(OC)c1. The summed E-state index contributed by atoms with van der Waals surface area (Å²) in [5.41, 5.74) is 2.01. The van der Waals surface area contributed by atoms with E-state index in [1.807, 2.05) is 13.0 Å². The Balaban J connectivity index is 1.77. The van der Waals surface area contributed by atoms with Crippen molar-refractivity contribution in [2.75, 3.05) is 19.5 Å². The van der Waals surface area contributed by atoms with Gasteiger partial charge >= 0.3 is 0 Å². The van der Waals surface area contributed by atoms with Gasteiger partial charge in [0.15, 0.2) is 5.17 Å². The number of methoxy groups -OCH3 is 2. The molecule has 2 N–H and O–H groups in total. The van der Waals surface area contributed by atoms with Crippen molar-refractivity contribution >= 4 is 51.7 Å². The van der Waals surface area contributed by atoms with Crippen molar-refractivity contribution in [3.05, 3.63) is 47.0 Å². The lowest BCUT2D eigenvalue weighted by Gasteiger charge is -2.22. The van der Waals surface area contributed by atoms with E-state index in [9.17, 15) is 9.59 Å². The minimum absolute atomic E-state index is 0.0505. The summed E-state index contributed by atoms with van der Waals surface area (Å²) in [5.74, 6) is 0.545. The van der Waals surface area contributed by atoms with E-state index in [2.05, 4.69) is 15.6 Å². The summed E-state index contributed by atoms with van der Waals surface area (Å²) in [6.45, 7) is 1.88. The van der Waals surface area contributed by atoms with Gasteiger partial charge in [-0.1, -0.05) is 29.4 Å². The van der Waals surface area contributed by atoms with Gasteiger partial charge < -0.3 is 20.1 Å². The first kappa shape index (κ1) is 21.0.